The zero-order valence-electron chi connectivity index (χ0n) is 6.84. The molecule has 0 saturated carbocycles. The van der Waals surface area contributed by atoms with Crippen molar-refractivity contribution in [3.05, 3.63) is 12.2 Å². The second-order valence-electron chi connectivity index (χ2n) is 2.79. The highest BCUT2D eigenvalue weighted by molar-refractivity contribution is 5.72. The van der Waals surface area contributed by atoms with Crippen LogP contribution in [-0.4, -0.2) is 17.1 Å². The van der Waals surface area contributed by atoms with Gasteiger partial charge in [-0.25, -0.2) is 0 Å². The normalized spacial score (nSPS) is 12.5. The Balaban J connectivity index is 3.39. The van der Waals surface area contributed by atoms with Gasteiger partial charge in [-0.3, -0.25) is 4.79 Å². The molecular formula is C8H15NO2. The lowest BCUT2D eigenvalue weighted by molar-refractivity contribution is -0.138. The third-order valence-corrected chi connectivity index (χ3v) is 1.44. The molecule has 11 heavy (non-hydrogen) atoms. The van der Waals surface area contributed by atoms with Crippen LogP contribution in [0.25, 0.3) is 0 Å². The zero-order valence-corrected chi connectivity index (χ0v) is 6.84. The van der Waals surface area contributed by atoms with E-state index in [1.165, 1.54) is 0 Å². The molecule has 0 aliphatic rings. The summed E-state index contributed by atoms with van der Waals surface area (Å²) in [6, 6.07) is -0.714. The van der Waals surface area contributed by atoms with Gasteiger partial charge in [-0.15, -0.1) is 6.58 Å². The van der Waals surface area contributed by atoms with Gasteiger partial charge in [-0.2, -0.15) is 0 Å². The molecule has 1 atom stereocenters. The van der Waals surface area contributed by atoms with Crippen molar-refractivity contribution in [3.63, 3.8) is 0 Å². The fraction of sp³-hybridized carbons (Fsp3) is 0.625. The van der Waals surface area contributed by atoms with Crippen LogP contribution in [0.3, 0.4) is 0 Å². The quantitative estimate of drug-likeness (QED) is 0.588. The van der Waals surface area contributed by atoms with E-state index in [1.54, 1.807) is 0 Å². The fourth-order valence-electron chi connectivity index (χ4n) is 0.747. The number of aliphatic carboxylic acids is 1. The van der Waals surface area contributed by atoms with Crippen molar-refractivity contribution < 1.29 is 9.90 Å². The maximum Gasteiger partial charge on any atom is 0.320 e. The van der Waals surface area contributed by atoms with Crippen LogP contribution >= 0.6 is 0 Å². The first-order chi connectivity index (χ1) is 5.04. The first-order valence-electron chi connectivity index (χ1n) is 3.67. The summed E-state index contributed by atoms with van der Waals surface area (Å²) in [6.45, 7) is 5.63. The van der Waals surface area contributed by atoms with Gasteiger partial charge in [-0.05, 0) is 26.2 Å². The molecule has 0 amide bonds. The van der Waals surface area contributed by atoms with Crippen molar-refractivity contribution in [1.29, 1.82) is 0 Å². The maximum atomic E-state index is 10.2. The Morgan fingerprint density at radius 2 is 2.27 bits per heavy atom. The number of carboxylic acids is 1. The van der Waals surface area contributed by atoms with Gasteiger partial charge in [0.15, 0.2) is 0 Å². The minimum Gasteiger partial charge on any atom is -0.480 e. The first-order valence-corrected chi connectivity index (χ1v) is 3.67. The van der Waals surface area contributed by atoms with Crippen molar-refractivity contribution in [2.24, 2.45) is 5.73 Å². The van der Waals surface area contributed by atoms with Crippen molar-refractivity contribution in [2.75, 3.05) is 0 Å². The van der Waals surface area contributed by atoms with Crippen LogP contribution in [0, 0.1) is 0 Å². The summed E-state index contributed by atoms with van der Waals surface area (Å²) >= 11 is 0. The molecule has 0 aromatic rings. The lowest BCUT2D eigenvalue weighted by Crippen LogP contribution is -2.29. The maximum absolute atomic E-state index is 10.2. The fourth-order valence-corrected chi connectivity index (χ4v) is 0.747. The molecule has 3 nitrogen and oxygen atoms in total. The van der Waals surface area contributed by atoms with E-state index in [4.69, 9.17) is 10.8 Å². The summed E-state index contributed by atoms with van der Waals surface area (Å²) in [5.74, 6) is -0.924. The Bertz CT molecular complexity index is 154. The molecule has 0 bridgehead atoms. The molecule has 0 aliphatic carbocycles. The van der Waals surface area contributed by atoms with E-state index in [2.05, 4.69) is 6.58 Å². The molecule has 0 fully saturated rings. The van der Waals surface area contributed by atoms with Crippen LogP contribution in [0.4, 0.5) is 0 Å². The molecule has 0 heterocycles. The monoisotopic (exact) mass is 157 g/mol. The highest BCUT2D eigenvalue weighted by atomic mass is 16.4. The van der Waals surface area contributed by atoms with E-state index in [0.717, 1.165) is 18.4 Å². The molecule has 64 valence electrons. The summed E-state index contributed by atoms with van der Waals surface area (Å²) in [5, 5.41) is 8.40. The molecule has 0 aromatic carbocycles. The molecule has 0 aliphatic heterocycles. The molecule has 3 heteroatoms. The Kier molecular flexibility index (Phi) is 4.54. The Morgan fingerprint density at radius 1 is 1.73 bits per heavy atom. The standard InChI is InChI=1S/C8H15NO2/c1-6(2)4-3-5-7(9)8(10)11/h7H,1,3-5,9H2,2H3,(H,10,11). The van der Waals surface area contributed by atoms with Crippen LogP contribution in [-0.2, 0) is 4.79 Å². The van der Waals surface area contributed by atoms with E-state index >= 15 is 0 Å². The summed E-state index contributed by atoms with van der Waals surface area (Å²) in [7, 11) is 0. The molecule has 0 radical (unpaired) electrons. The predicted molar refractivity (Wildman–Crippen MR) is 44.3 cm³/mol. The molecule has 1 unspecified atom stereocenters. The first kappa shape index (κ1) is 10.2. The molecule has 0 aromatic heterocycles. The van der Waals surface area contributed by atoms with Gasteiger partial charge in [0.1, 0.15) is 6.04 Å². The van der Waals surface area contributed by atoms with Gasteiger partial charge in [0.25, 0.3) is 0 Å². The minimum atomic E-state index is -0.924. The van der Waals surface area contributed by atoms with Crippen LogP contribution in [0.15, 0.2) is 12.2 Å². The summed E-state index contributed by atoms with van der Waals surface area (Å²) in [4.78, 5) is 10.2. The van der Waals surface area contributed by atoms with Crippen molar-refractivity contribution in [2.45, 2.75) is 32.2 Å². The van der Waals surface area contributed by atoms with Crippen molar-refractivity contribution in [3.8, 4) is 0 Å². The Hall–Kier alpha value is -0.830. The zero-order chi connectivity index (χ0) is 8.85. The lowest BCUT2D eigenvalue weighted by Gasteiger charge is -2.04. The molecule has 0 rings (SSSR count). The Morgan fingerprint density at radius 3 is 2.64 bits per heavy atom. The number of hydrogen-bond donors (Lipinski definition) is 2. The second-order valence-corrected chi connectivity index (χ2v) is 2.79. The lowest BCUT2D eigenvalue weighted by atomic mass is 10.1. The summed E-state index contributed by atoms with van der Waals surface area (Å²) in [5.41, 5.74) is 6.35. The number of hydrogen-bond acceptors (Lipinski definition) is 2. The SMILES string of the molecule is C=C(C)CCCC(N)C(=O)O. The summed E-state index contributed by atoms with van der Waals surface area (Å²) in [6.07, 6.45) is 2.20. The van der Waals surface area contributed by atoms with E-state index in [9.17, 15) is 4.79 Å². The van der Waals surface area contributed by atoms with E-state index in [-0.39, 0.29) is 0 Å². The smallest absolute Gasteiger partial charge is 0.320 e. The summed E-state index contributed by atoms with van der Waals surface area (Å²) < 4.78 is 0. The number of nitrogens with two attached hydrogens (primary N) is 1. The third kappa shape index (κ3) is 5.61. The molecular weight excluding hydrogens is 142 g/mol. The molecule has 3 N–H and O–H groups in total. The van der Waals surface area contributed by atoms with Gasteiger partial charge in [0.05, 0.1) is 0 Å². The topological polar surface area (TPSA) is 63.3 Å². The third-order valence-electron chi connectivity index (χ3n) is 1.44. The average molecular weight is 157 g/mol. The largest absolute Gasteiger partial charge is 0.480 e. The molecule has 0 saturated heterocycles. The predicted octanol–water partition coefficient (Wildman–Crippen LogP) is 1.14. The van der Waals surface area contributed by atoms with Gasteiger partial charge in [-0.1, -0.05) is 5.57 Å². The number of allylic oxidation sites excluding steroid dienone is 1. The van der Waals surface area contributed by atoms with Gasteiger partial charge in [0, 0.05) is 0 Å². The molecule has 0 spiro atoms. The van der Waals surface area contributed by atoms with Crippen LogP contribution in [0.2, 0.25) is 0 Å². The van der Waals surface area contributed by atoms with Crippen LogP contribution in [0.5, 0.6) is 0 Å². The van der Waals surface area contributed by atoms with Gasteiger partial charge < -0.3 is 10.8 Å². The van der Waals surface area contributed by atoms with Gasteiger partial charge >= 0.3 is 5.97 Å². The minimum absolute atomic E-state index is 0.530. The number of carboxylic acid groups (broad SMARTS) is 1. The van der Waals surface area contributed by atoms with E-state index in [1.807, 2.05) is 6.92 Å². The highest BCUT2D eigenvalue weighted by Gasteiger charge is 2.09. The van der Waals surface area contributed by atoms with E-state index < -0.39 is 12.0 Å². The van der Waals surface area contributed by atoms with Crippen molar-refractivity contribution >= 4 is 5.97 Å². The van der Waals surface area contributed by atoms with Gasteiger partial charge in [0.2, 0.25) is 0 Å². The highest BCUT2D eigenvalue weighted by Crippen LogP contribution is 2.05. The average Bonchev–Trinajstić information content (AvgIpc) is 1.86. The number of carbonyl (C=O) groups is 1. The van der Waals surface area contributed by atoms with Crippen molar-refractivity contribution in [1.82, 2.24) is 0 Å². The van der Waals surface area contributed by atoms with Crippen LogP contribution < -0.4 is 5.73 Å². The van der Waals surface area contributed by atoms with E-state index in [0.29, 0.717) is 6.42 Å². The number of rotatable bonds is 5. The second kappa shape index (κ2) is 4.91. The van der Waals surface area contributed by atoms with Crippen LogP contribution in [0.1, 0.15) is 26.2 Å². The Labute approximate surface area is 66.9 Å².